The van der Waals surface area contributed by atoms with Crippen LogP contribution in [0.15, 0.2) is 39.7 Å². The number of benzene rings is 1. The molecule has 0 aliphatic carbocycles. The second-order valence-electron chi connectivity index (χ2n) is 5.80. The molecule has 0 atom stereocenters. The van der Waals surface area contributed by atoms with E-state index >= 15 is 0 Å². The molecule has 0 radical (unpaired) electrons. The molecule has 26 heavy (non-hydrogen) atoms. The molecule has 8 heteroatoms. The largest absolute Gasteiger partial charge is 0.480 e. The van der Waals surface area contributed by atoms with Crippen LogP contribution in [0.5, 0.6) is 0 Å². The Morgan fingerprint density at radius 1 is 1.23 bits per heavy atom. The zero-order valence-electron chi connectivity index (χ0n) is 14.0. The number of aromatic nitrogens is 1. The molecule has 3 rings (SSSR count). The summed E-state index contributed by atoms with van der Waals surface area (Å²) < 4.78 is 3.04. The van der Waals surface area contributed by atoms with Crippen molar-refractivity contribution < 1.29 is 19.5 Å². The predicted octanol–water partition coefficient (Wildman–Crippen LogP) is 3.98. The Bertz CT molecular complexity index is 947. The Hall–Kier alpha value is -2.32. The first-order valence-corrected chi connectivity index (χ1v) is 9.31. The molecule has 0 bridgehead atoms. The minimum Gasteiger partial charge on any atom is -0.480 e. The van der Waals surface area contributed by atoms with Crippen molar-refractivity contribution in [3.05, 3.63) is 56.7 Å². The van der Waals surface area contributed by atoms with Crippen LogP contribution in [0.1, 0.15) is 17.0 Å². The summed E-state index contributed by atoms with van der Waals surface area (Å²) in [5.41, 5.74) is 3.71. The number of thioether (sulfide) groups is 1. The van der Waals surface area contributed by atoms with Crippen molar-refractivity contribution in [2.24, 2.45) is 0 Å². The first kappa shape index (κ1) is 18.5. The standard InChI is InChI=1S/C18H15BrN2O4S/c1-10-7-12(11(2)21(10)14-5-3-13(19)4-6-14)8-15-17(24)20(9-16(22)23)18(25)26-15/h3-8H,9H2,1-2H3,(H,22,23)/b15-8-. The maximum atomic E-state index is 12.3. The van der Waals surface area contributed by atoms with E-state index < -0.39 is 23.7 Å². The molecule has 1 aromatic carbocycles. The van der Waals surface area contributed by atoms with Crippen LogP contribution in [0.3, 0.4) is 0 Å². The second-order valence-corrected chi connectivity index (χ2v) is 7.71. The Balaban J connectivity index is 1.96. The number of amides is 2. The van der Waals surface area contributed by atoms with Crippen molar-refractivity contribution in [3.63, 3.8) is 0 Å². The van der Waals surface area contributed by atoms with Crippen LogP contribution in [0.25, 0.3) is 11.8 Å². The zero-order chi connectivity index (χ0) is 19.0. The average molecular weight is 435 g/mol. The Morgan fingerprint density at radius 2 is 1.88 bits per heavy atom. The van der Waals surface area contributed by atoms with E-state index in [1.165, 1.54) is 0 Å². The summed E-state index contributed by atoms with van der Waals surface area (Å²) in [5.74, 6) is -1.79. The Labute approximate surface area is 162 Å². The summed E-state index contributed by atoms with van der Waals surface area (Å²) in [6.07, 6.45) is 1.64. The van der Waals surface area contributed by atoms with E-state index in [9.17, 15) is 14.4 Å². The summed E-state index contributed by atoms with van der Waals surface area (Å²) in [5, 5.41) is 8.27. The fraction of sp³-hybridized carbons (Fsp3) is 0.167. The van der Waals surface area contributed by atoms with Crippen LogP contribution in [0, 0.1) is 13.8 Å². The van der Waals surface area contributed by atoms with Gasteiger partial charge in [0.15, 0.2) is 0 Å². The van der Waals surface area contributed by atoms with E-state index in [0.29, 0.717) is 0 Å². The number of hydrogen-bond acceptors (Lipinski definition) is 4. The topological polar surface area (TPSA) is 79.6 Å². The van der Waals surface area contributed by atoms with Gasteiger partial charge in [0.1, 0.15) is 6.54 Å². The quantitative estimate of drug-likeness (QED) is 0.736. The predicted molar refractivity (Wildman–Crippen MR) is 103 cm³/mol. The van der Waals surface area contributed by atoms with E-state index in [4.69, 9.17) is 5.11 Å². The molecule has 1 fully saturated rings. The van der Waals surface area contributed by atoms with Crippen LogP contribution < -0.4 is 0 Å². The van der Waals surface area contributed by atoms with Gasteiger partial charge in [0.25, 0.3) is 11.1 Å². The highest BCUT2D eigenvalue weighted by atomic mass is 79.9. The average Bonchev–Trinajstić information content (AvgIpc) is 2.99. The number of carboxylic acid groups (broad SMARTS) is 1. The number of carbonyl (C=O) groups is 3. The number of halogens is 1. The third kappa shape index (κ3) is 3.47. The normalized spacial score (nSPS) is 16.0. The van der Waals surface area contributed by atoms with Gasteiger partial charge in [0.05, 0.1) is 4.91 Å². The van der Waals surface area contributed by atoms with Crippen molar-refractivity contribution >= 4 is 50.9 Å². The molecule has 0 unspecified atom stereocenters. The summed E-state index contributed by atoms with van der Waals surface area (Å²) in [6.45, 7) is 3.27. The van der Waals surface area contributed by atoms with E-state index in [1.54, 1.807) is 6.08 Å². The molecule has 1 saturated heterocycles. The summed E-state index contributed by atoms with van der Waals surface area (Å²) in [7, 11) is 0. The number of aryl methyl sites for hydroxylation is 1. The van der Waals surface area contributed by atoms with Gasteiger partial charge in [-0.2, -0.15) is 0 Å². The Kier molecular flexibility index (Phi) is 5.06. The minimum atomic E-state index is -1.22. The molecule has 2 amide bonds. The van der Waals surface area contributed by atoms with Crippen LogP contribution in [0.2, 0.25) is 0 Å². The fourth-order valence-electron chi connectivity index (χ4n) is 2.83. The van der Waals surface area contributed by atoms with Gasteiger partial charge in [-0.25, -0.2) is 0 Å². The smallest absolute Gasteiger partial charge is 0.323 e. The van der Waals surface area contributed by atoms with Crippen LogP contribution in [0.4, 0.5) is 4.79 Å². The van der Waals surface area contributed by atoms with Gasteiger partial charge in [-0.3, -0.25) is 19.3 Å². The molecule has 134 valence electrons. The first-order chi connectivity index (χ1) is 12.3. The number of hydrogen-bond donors (Lipinski definition) is 1. The van der Waals surface area contributed by atoms with Crippen molar-refractivity contribution in [1.29, 1.82) is 0 Å². The van der Waals surface area contributed by atoms with Gasteiger partial charge in [0, 0.05) is 21.5 Å². The highest BCUT2D eigenvalue weighted by Crippen LogP contribution is 2.33. The van der Waals surface area contributed by atoms with Crippen LogP contribution >= 0.6 is 27.7 Å². The molecule has 2 heterocycles. The molecular formula is C18H15BrN2O4S. The monoisotopic (exact) mass is 434 g/mol. The highest BCUT2D eigenvalue weighted by molar-refractivity contribution is 9.10. The molecule has 1 N–H and O–H groups in total. The van der Waals surface area contributed by atoms with Crippen molar-refractivity contribution in [2.45, 2.75) is 13.8 Å². The van der Waals surface area contributed by atoms with Gasteiger partial charge in [0.2, 0.25) is 0 Å². The number of carbonyl (C=O) groups excluding carboxylic acids is 2. The van der Waals surface area contributed by atoms with Gasteiger partial charge in [-0.15, -0.1) is 0 Å². The number of aliphatic carboxylic acids is 1. The molecule has 6 nitrogen and oxygen atoms in total. The number of nitrogens with zero attached hydrogens (tertiary/aromatic N) is 2. The fourth-order valence-corrected chi connectivity index (χ4v) is 3.93. The molecular weight excluding hydrogens is 420 g/mol. The van der Waals surface area contributed by atoms with Crippen LogP contribution in [-0.2, 0) is 9.59 Å². The van der Waals surface area contributed by atoms with Crippen molar-refractivity contribution in [2.75, 3.05) is 6.54 Å². The zero-order valence-corrected chi connectivity index (χ0v) is 16.4. The molecule has 1 aromatic heterocycles. The van der Waals surface area contributed by atoms with Gasteiger partial charge in [-0.05, 0) is 67.6 Å². The highest BCUT2D eigenvalue weighted by Gasteiger charge is 2.36. The van der Waals surface area contributed by atoms with Gasteiger partial charge >= 0.3 is 5.97 Å². The number of imide groups is 1. The summed E-state index contributed by atoms with van der Waals surface area (Å²) >= 11 is 4.18. The molecule has 1 aliphatic heterocycles. The first-order valence-electron chi connectivity index (χ1n) is 7.70. The summed E-state index contributed by atoms with van der Waals surface area (Å²) in [4.78, 5) is 36.0. The maximum Gasteiger partial charge on any atom is 0.323 e. The second kappa shape index (κ2) is 7.13. The lowest BCUT2D eigenvalue weighted by Gasteiger charge is -2.10. The van der Waals surface area contributed by atoms with E-state index in [-0.39, 0.29) is 4.91 Å². The van der Waals surface area contributed by atoms with Crippen molar-refractivity contribution in [3.8, 4) is 5.69 Å². The third-order valence-corrected chi connectivity index (χ3v) is 5.44. The summed E-state index contributed by atoms with van der Waals surface area (Å²) in [6, 6.07) is 9.79. The third-order valence-electron chi connectivity index (χ3n) is 4.01. The molecule has 2 aromatic rings. The minimum absolute atomic E-state index is 0.229. The van der Waals surface area contributed by atoms with E-state index in [1.807, 2.05) is 44.2 Å². The Morgan fingerprint density at radius 3 is 2.50 bits per heavy atom. The maximum absolute atomic E-state index is 12.3. The van der Waals surface area contributed by atoms with Crippen molar-refractivity contribution in [1.82, 2.24) is 9.47 Å². The lowest BCUT2D eigenvalue weighted by molar-refractivity contribution is -0.140. The van der Waals surface area contributed by atoms with E-state index in [0.717, 1.165) is 43.8 Å². The molecule has 1 aliphatic rings. The van der Waals surface area contributed by atoms with Crippen LogP contribution in [-0.4, -0.2) is 38.2 Å². The lowest BCUT2D eigenvalue weighted by atomic mass is 10.2. The van der Waals surface area contributed by atoms with Gasteiger partial charge in [-0.1, -0.05) is 15.9 Å². The number of carboxylic acids is 1. The van der Waals surface area contributed by atoms with E-state index in [2.05, 4.69) is 20.5 Å². The lowest BCUT2D eigenvalue weighted by Crippen LogP contribution is -2.33. The number of rotatable bonds is 4. The molecule has 0 saturated carbocycles. The molecule has 0 spiro atoms. The SMILES string of the molecule is Cc1cc(/C=C2\SC(=O)N(CC(=O)O)C2=O)c(C)n1-c1ccc(Br)cc1. The van der Waals surface area contributed by atoms with Gasteiger partial charge < -0.3 is 9.67 Å².